The van der Waals surface area contributed by atoms with Crippen LogP contribution in [-0.4, -0.2) is 174 Å². The van der Waals surface area contributed by atoms with Crippen molar-refractivity contribution in [3.05, 3.63) is 108 Å². The van der Waals surface area contributed by atoms with Gasteiger partial charge < -0.3 is 61.4 Å². The lowest BCUT2D eigenvalue weighted by atomic mass is 9.39. The van der Waals surface area contributed by atoms with Gasteiger partial charge in [-0.25, -0.2) is 19.6 Å². The van der Waals surface area contributed by atoms with E-state index in [0.717, 1.165) is 88.3 Å². The molecule has 99 heavy (non-hydrogen) atoms. The maximum absolute atomic E-state index is 14.1. The van der Waals surface area contributed by atoms with E-state index in [4.69, 9.17) is 30.3 Å². The number of carboxylic acids is 2. The molecule has 6 aromatic rings. The minimum atomic E-state index is -1.15. The summed E-state index contributed by atoms with van der Waals surface area (Å²) in [6.45, 7) is 13.8. The number of fused-ring (bicyclic) bond motifs is 2. The van der Waals surface area contributed by atoms with Crippen LogP contribution >= 0.6 is 11.3 Å². The van der Waals surface area contributed by atoms with Gasteiger partial charge in [0.25, 0.3) is 11.8 Å². The van der Waals surface area contributed by atoms with Crippen molar-refractivity contribution in [2.45, 2.75) is 149 Å². The smallest absolute Gasteiger partial charge is 0.355 e. The summed E-state index contributed by atoms with van der Waals surface area (Å²) in [7, 11) is 2.12. The van der Waals surface area contributed by atoms with Crippen molar-refractivity contribution in [1.82, 2.24) is 50.8 Å². The molecule has 7 atom stereocenters. The van der Waals surface area contributed by atoms with E-state index in [1.807, 2.05) is 71.2 Å². The molecule has 4 bridgehead atoms. The van der Waals surface area contributed by atoms with E-state index in [1.54, 1.807) is 43.5 Å². The lowest BCUT2D eigenvalue weighted by Crippen LogP contribution is -2.64. The lowest BCUT2D eigenvalue weighted by Gasteiger charge is -2.69. The molecule has 4 aromatic heterocycles. The van der Waals surface area contributed by atoms with Crippen molar-refractivity contribution in [2.24, 2.45) is 27.9 Å². The molecule has 0 saturated heterocycles. The lowest BCUT2D eigenvalue weighted by molar-refractivity contribution is -0.923. The van der Waals surface area contributed by atoms with Gasteiger partial charge in [0.2, 0.25) is 17.7 Å². The van der Waals surface area contributed by atoms with Crippen LogP contribution in [0.15, 0.2) is 85.2 Å². The molecule has 7 amide bonds. The molecule has 3 unspecified atom stereocenters. The highest BCUT2D eigenvalue weighted by Crippen LogP contribution is 2.72. The van der Waals surface area contributed by atoms with E-state index in [1.165, 1.54) is 12.2 Å². The number of carboxylic acid groups (broad SMARTS) is 2. The zero-order chi connectivity index (χ0) is 70.4. The molecule has 28 heteroatoms. The summed E-state index contributed by atoms with van der Waals surface area (Å²) >= 11 is 1.55. The van der Waals surface area contributed by atoms with Crippen molar-refractivity contribution in [2.75, 3.05) is 75.1 Å². The molecule has 4 aliphatic carbocycles. The number of aromatic carboxylic acids is 1. The van der Waals surface area contributed by atoms with Crippen LogP contribution in [0.1, 0.15) is 132 Å². The van der Waals surface area contributed by atoms with Crippen molar-refractivity contribution in [3.63, 3.8) is 0 Å². The molecule has 2 aromatic carbocycles. The zero-order valence-corrected chi connectivity index (χ0v) is 57.9. The Balaban J connectivity index is 0.720. The molecule has 2 aliphatic heterocycles. The first-order chi connectivity index (χ1) is 47.2. The number of anilines is 5. The van der Waals surface area contributed by atoms with Gasteiger partial charge in [0.15, 0.2) is 22.5 Å². The number of carbonyl (C=O) groups excluding carboxylic acids is 6. The fourth-order valence-electron chi connectivity index (χ4n) is 16.7. The first-order valence-electron chi connectivity index (χ1n) is 34.1. The number of pyridine rings is 1. The molecule has 6 aliphatic rings. The number of nitrogens with zero attached hydrogens (tertiary/aromatic N) is 9. The Bertz CT molecular complexity index is 4010. The third kappa shape index (κ3) is 17.1. The van der Waals surface area contributed by atoms with Crippen molar-refractivity contribution < 1.29 is 62.5 Å². The van der Waals surface area contributed by atoms with Crippen molar-refractivity contribution in [1.29, 1.82) is 0 Å². The number of para-hydroxylation sites is 1. The van der Waals surface area contributed by atoms with Gasteiger partial charge in [-0.1, -0.05) is 63.3 Å². The number of likely N-dealkylation sites (N-methyl/N-ethyl adjacent to an activating group) is 1. The van der Waals surface area contributed by atoms with Crippen LogP contribution in [0.3, 0.4) is 0 Å². The molecule has 4 fully saturated rings. The van der Waals surface area contributed by atoms with Crippen LogP contribution in [0, 0.1) is 29.1 Å². The number of nitrogens with one attached hydrogen (secondary N) is 5. The van der Waals surface area contributed by atoms with Gasteiger partial charge in [0, 0.05) is 84.3 Å². The number of urea groups is 1. The van der Waals surface area contributed by atoms with E-state index in [2.05, 4.69) is 57.7 Å². The standard InChI is InChI=1S/C71H89N15O12S/c1-44(2)59(79-55(87)25-31-97-32-28-85-56(88)23-24-57(85)89)64(93)76-52(14-9-26-73-66(72)96)63(92)75-48-19-17-46(18-20-48)36-86(6,29-11-16-58(90)91)30-33-98-71-40-68(4)37-69(5,41-71)39-70(38-68,42-71)43-83-35-47(34-74-83)50-21-22-54(78-60(50)65(94)95)84-27-10-12-49-45(3)61(81-82-62(49)84)80-67-77-51-13-7-8-15-53(51)99-67/h7-8,13,15,17-24,34-35,44,52,59H,9-12,14,16,25-33,36-43H2,1-6H3,(H8-,72,73,75,76,77,79,80,81,87,90,91,92,93,94,95,96)/p+1/t52-,59-,68-,69+,70?,71?,86?/m0/s1. The molecule has 27 nitrogen and oxygen atoms in total. The highest BCUT2D eigenvalue weighted by Gasteiger charge is 2.66. The van der Waals surface area contributed by atoms with Crippen molar-refractivity contribution >= 4 is 97.3 Å². The van der Waals surface area contributed by atoms with Crippen LogP contribution in [0.25, 0.3) is 21.3 Å². The van der Waals surface area contributed by atoms with E-state index in [-0.39, 0.29) is 79.8 Å². The van der Waals surface area contributed by atoms with Gasteiger partial charge in [-0.2, -0.15) is 5.10 Å². The fourth-order valence-corrected chi connectivity index (χ4v) is 17.5. The number of hydrogen-bond acceptors (Lipinski definition) is 18. The second kappa shape index (κ2) is 29.7. The van der Waals surface area contributed by atoms with Gasteiger partial charge >= 0.3 is 18.0 Å². The summed E-state index contributed by atoms with van der Waals surface area (Å²) in [5.41, 5.74) is 10.1. The van der Waals surface area contributed by atoms with E-state index >= 15 is 0 Å². The molecular formula is C71H90N15O12S+. The molecule has 9 N–H and O–H groups in total. The summed E-state index contributed by atoms with van der Waals surface area (Å²) in [5.74, 6) is -3.14. The maximum atomic E-state index is 14.1. The number of benzene rings is 2. The van der Waals surface area contributed by atoms with Crippen LogP contribution in [0.5, 0.6) is 0 Å². The molecule has 6 heterocycles. The Kier molecular flexibility index (Phi) is 21.3. The van der Waals surface area contributed by atoms with Crippen molar-refractivity contribution in [3.8, 4) is 11.1 Å². The van der Waals surface area contributed by atoms with E-state index in [0.29, 0.717) is 84.5 Å². The first-order valence-corrected chi connectivity index (χ1v) is 34.9. The summed E-state index contributed by atoms with van der Waals surface area (Å²) in [5, 5.41) is 49.7. The Morgan fingerprint density at radius 1 is 0.828 bits per heavy atom. The number of aromatic nitrogens is 6. The van der Waals surface area contributed by atoms with Gasteiger partial charge in [0.1, 0.15) is 31.0 Å². The second-order valence-corrected chi connectivity index (χ2v) is 30.1. The molecule has 0 spiro atoms. The minimum absolute atomic E-state index is 0.00993. The van der Waals surface area contributed by atoms with E-state index < -0.39 is 65.2 Å². The number of hydrogen-bond donors (Lipinski definition) is 8. The van der Waals surface area contributed by atoms with Gasteiger partial charge in [0.05, 0.1) is 68.4 Å². The quantitative estimate of drug-likeness (QED) is 0.0109. The molecule has 4 saturated carbocycles. The van der Waals surface area contributed by atoms with E-state index in [9.17, 15) is 48.6 Å². The predicted octanol–water partition coefficient (Wildman–Crippen LogP) is 8.17. The normalized spacial score (nSPS) is 21.9. The number of imide groups is 1. The number of nitrogens with two attached hydrogens (primary N) is 1. The zero-order valence-electron chi connectivity index (χ0n) is 57.1. The number of amides is 7. The Hall–Kier alpha value is -9.25. The summed E-state index contributed by atoms with van der Waals surface area (Å²) in [6, 6.07) is 16.2. The number of quaternary nitrogens is 1. The SMILES string of the molecule is Cc1c(Nc2nc3ccccc3s2)nnc2c1CCCN2c1ccc(-c2cnn(CC34CC5(OCC[N+](C)(CCCC(=O)O)Cc6ccc(NC(=O)[C@H](CCCNC(N)=O)NC(=O)[C@@H](NC(=O)CCOCCN7C(=O)C=CC7=O)C(C)C)cc6)C[C@](C)(C3)C[C@](C)(C4)C5)c2)c(C(=O)O)n1. The number of aliphatic carboxylic acids is 1. The molecule has 526 valence electrons. The first kappa shape index (κ1) is 71.0. The topological polar surface area (TPSA) is 358 Å². The number of ether oxygens (including phenoxy) is 2. The maximum Gasteiger partial charge on any atom is 0.355 e. The number of rotatable bonds is 33. The van der Waals surface area contributed by atoms with Gasteiger partial charge in [-0.05, 0) is 130 Å². The van der Waals surface area contributed by atoms with Crippen LogP contribution in [-0.2, 0) is 57.8 Å². The number of thiazole rings is 1. The number of primary amides is 1. The summed E-state index contributed by atoms with van der Waals surface area (Å²) in [6.07, 6.45) is 14.1. The molecule has 0 radical (unpaired) electrons. The Morgan fingerprint density at radius 3 is 2.28 bits per heavy atom. The largest absolute Gasteiger partial charge is 0.481 e. The Morgan fingerprint density at radius 2 is 1.58 bits per heavy atom. The minimum Gasteiger partial charge on any atom is -0.481 e. The Labute approximate surface area is 578 Å². The molecular weight excluding hydrogens is 1290 g/mol. The second-order valence-electron chi connectivity index (χ2n) is 29.1. The molecule has 12 rings (SSSR count). The van der Waals surface area contributed by atoms with Gasteiger partial charge in [-0.15, -0.1) is 10.2 Å². The average Bonchev–Trinajstić information content (AvgIpc) is 0.908. The van der Waals surface area contributed by atoms with Crippen LogP contribution in [0.2, 0.25) is 0 Å². The summed E-state index contributed by atoms with van der Waals surface area (Å²) in [4.78, 5) is 114. The third-order valence-corrected chi connectivity index (χ3v) is 20.9. The highest BCUT2D eigenvalue weighted by atomic mass is 32.1. The average molecular weight is 1380 g/mol. The monoisotopic (exact) mass is 1380 g/mol. The van der Waals surface area contributed by atoms with Crippen LogP contribution in [0.4, 0.5) is 33.1 Å². The summed E-state index contributed by atoms with van der Waals surface area (Å²) < 4.78 is 16.3. The van der Waals surface area contributed by atoms with Crippen LogP contribution < -0.4 is 37.2 Å². The third-order valence-electron chi connectivity index (χ3n) is 20.0. The fraction of sp³-hybridized carbons (Fsp3) is 0.507. The highest BCUT2D eigenvalue weighted by molar-refractivity contribution is 7.22. The number of carbonyl (C=O) groups is 8. The predicted molar refractivity (Wildman–Crippen MR) is 371 cm³/mol. The van der Waals surface area contributed by atoms with Gasteiger partial charge in [-0.3, -0.25) is 38.3 Å².